The highest BCUT2D eigenvalue weighted by Crippen LogP contribution is 2.31. The topological polar surface area (TPSA) is 84.8 Å². The number of aromatic nitrogens is 3. The van der Waals surface area contributed by atoms with Crippen LogP contribution in [-0.2, 0) is 0 Å². The molecular formula is C15H9F2N4O2P. The van der Waals surface area contributed by atoms with Crippen molar-refractivity contribution in [2.45, 2.75) is 5.85 Å². The van der Waals surface area contributed by atoms with Crippen molar-refractivity contribution in [3.63, 3.8) is 0 Å². The molecule has 3 rings (SSSR count). The number of rotatable bonds is 4. The molecule has 1 atom stereocenters. The zero-order valence-electron chi connectivity index (χ0n) is 12.0. The standard InChI is InChI=1S/C15H9F2N4O2P/c16-15(17,24)22-11-6-9(8-18)5-10(7-11)13-20-14(23-21-13)12-3-1-2-4-19-12/h1-7H,24H2. The molecule has 2 aromatic heterocycles. The molecule has 0 aliphatic rings. The summed E-state index contributed by atoms with van der Waals surface area (Å²) in [5.74, 6) is -3.34. The van der Waals surface area contributed by atoms with E-state index >= 15 is 0 Å². The van der Waals surface area contributed by atoms with Crippen LogP contribution >= 0.6 is 9.24 Å². The molecule has 0 saturated heterocycles. The van der Waals surface area contributed by atoms with E-state index in [1.165, 1.54) is 27.4 Å². The predicted octanol–water partition coefficient (Wildman–Crippen LogP) is 3.47. The number of nitrogens with zero attached hydrogens (tertiary/aromatic N) is 4. The van der Waals surface area contributed by atoms with E-state index in [2.05, 4.69) is 19.9 Å². The summed E-state index contributed by atoms with van der Waals surface area (Å²) in [7, 11) is 1.26. The largest absolute Gasteiger partial charge is 0.430 e. The molecule has 0 saturated carbocycles. The molecular weight excluding hydrogens is 337 g/mol. The molecule has 0 radical (unpaired) electrons. The highest BCUT2D eigenvalue weighted by atomic mass is 31.0. The van der Waals surface area contributed by atoms with Crippen molar-refractivity contribution < 1.29 is 18.0 Å². The number of alkyl halides is 2. The van der Waals surface area contributed by atoms with Crippen LogP contribution in [0.2, 0.25) is 0 Å². The van der Waals surface area contributed by atoms with Crippen molar-refractivity contribution in [1.29, 1.82) is 5.26 Å². The Labute approximate surface area is 137 Å². The van der Waals surface area contributed by atoms with Crippen LogP contribution in [0.3, 0.4) is 0 Å². The van der Waals surface area contributed by atoms with Gasteiger partial charge in [-0.15, -0.1) is 0 Å². The maximum absolute atomic E-state index is 13.0. The van der Waals surface area contributed by atoms with Crippen molar-refractivity contribution in [3.05, 3.63) is 48.2 Å². The van der Waals surface area contributed by atoms with E-state index in [0.29, 0.717) is 11.3 Å². The van der Waals surface area contributed by atoms with Gasteiger partial charge in [0.2, 0.25) is 5.82 Å². The van der Waals surface area contributed by atoms with Crippen molar-refractivity contribution in [2.24, 2.45) is 0 Å². The van der Waals surface area contributed by atoms with Crippen LogP contribution in [0.4, 0.5) is 8.78 Å². The van der Waals surface area contributed by atoms with Gasteiger partial charge in [0.25, 0.3) is 5.89 Å². The molecule has 120 valence electrons. The third kappa shape index (κ3) is 3.70. The number of hydrogen-bond donors (Lipinski definition) is 0. The first-order chi connectivity index (χ1) is 11.4. The molecule has 0 N–H and O–H groups in total. The molecule has 6 nitrogen and oxygen atoms in total. The monoisotopic (exact) mass is 346 g/mol. The minimum absolute atomic E-state index is 0.126. The minimum atomic E-state index is -3.46. The minimum Gasteiger partial charge on any atom is -0.430 e. The average molecular weight is 346 g/mol. The van der Waals surface area contributed by atoms with E-state index in [1.54, 1.807) is 24.4 Å². The second-order valence-corrected chi connectivity index (χ2v) is 5.33. The molecule has 0 amide bonds. The van der Waals surface area contributed by atoms with E-state index < -0.39 is 5.85 Å². The van der Waals surface area contributed by atoms with Gasteiger partial charge in [-0.3, -0.25) is 4.98 Å². The summed E-state index contributed by atoms with van der Waals surface area (Å²) in [5.41, 5.74) is 0.908. The summed E-state index contributed by atoms with van der Waals surface area (Å²) in [5, 5.41) is 12.8. The Morgan fingerprint density at radius 3 is 2.75 bits per heavy atom. The van der Waals surface area contributed by atoms with Gasteiger partial charge in [-0.25, -0.2) is 0 Å². The van der Waals surface area contributed by atoms with Gasteiger partial charge in [-0.2, -0.15) is 19.0 Å². The van der Waals surface area contributed by atoms with E-state index in [4.69, 9.17) is 9.78 Å². The predicted molar refractivity (Wildman–Crippen MR) is 83.0 cm³/mol. The molecule has 0 spiro atoms. The second kappa shape index (κ2) is 6.30. The van der Waals surface area contributed by atoms with Gasteiger partial charge < -0.3 is 9.26 Å². The van der Waals surface area contributed by atoms with Crippen molar-refractivity contribution >= 4 is 9.24 Å². The molecule has 0 aliphatic heterocycles. The first kappa shape index (κ1) is 16.0. The molecule has 0 bridgehead atoms. The fraction of sp³-hybridized carbons (Fsp3) is 0.0667. The molecule has 24 heavy (non-hydrogen) atoms. The Morgan fingerprint density at radius 1 is 1.25 bits per heavy atom. The maximum Gasteiger partial charge on any atom is 0.408 e. The summed E-state index contributed by atoms with van der Waals surface area (Å²) in [6.45, 7) is 0. The molecule has 0 fully saturated rings. The average Bonchev–Trinajstić information content (AvgIpc) is 3.04. The van der Waals surface area contributed by atoms with Crippen molar-refractivity contribution in [3.8, 4) is 34.8 Å². The molecule has 1 unspecified atom stereocenters. The Balaban J connectivity index is 1.99. The molecule has 1 aromatic carbocycles. The van der Waals surface area contributed by atoms with Crippen LogP contribution < -0.4 is 4.74 Å². The van der Waals surface area contributed by atoms with E-state index in [1.807, 2.05) is 6.07 Å². The lowest BCUT2D eigenvalue weighted by Gasteiger charge is -2.13. The Kier molecular flexibility index (Phi) is 4.19. The number of halogens is 2. The molecule has 9 heteroatoms. The van der Waals surface area contributed by atoms with Gasteiger partial charge in [-0.05, 0) is 39.6 Å². The van der Waals surface area contributed by atoms with Crippen LogP contribution in [0.25, 0.3) is 23.0 Å². The first-order valence-corrected chi connectivity index (χ1v) is 7.19. The van der Waals surface area contributed by atoms with Gasteiger partial charge in [0.15, 0.2) is 0 Å². The quantitative estimate of drug-likeness (QED) is 0.673. The van der Waals surface area contributed by atoms with Crippen LogP contribution in [0.1, 0.15) is 5.56 Å². The van der Waals surface area contributed by atoms with Crippen LogP contribution in [0.5, 0.6) is 5.75 Å². The summed E-state index contributed by atoms with van der Waals surface area (Å²) < 4.78 is 35.6. The van der Waals surface area contributed by atoms with E-state index in [9.17, 15) is 8.78 Å². The van der Waals surface area contributed by atoms with E-state index in [-0.39, 0.29) is 23.0 Å². The van der Waals surface area contributed by atoms with Crippen LogP contribution in [0, 0.1) is 11.3 Å². The fourth-order valence-corrected chi connectivity index (χ4v) is 2.08. The zero-order valence-corrected chi connectivity index (χ0v) is 13.1. The smallest absolute Gasteiger partial charge is 0.408 e. The van der Waals surface area contributed by atoms with Gasteiger partial charge in [-0.1, -0.05) is 11.2 Å². The SMILES string of the molecule is N#Cc1cc(OC(F)(F)P)cc(-c2noc(-c3ccccn3)n2)c1. The number of hydrogen-bond acceptors (Lipinski definition) is 6. The van der Waals surface area contributed by atoms with Crippen LogP contribution in [0.15, 0.2) is 47.1 Å². The Hall–Kier alpha value is -2.91. The third-order valence-corrected chi connectivity index (χ3v) is 2.98. The highest BCUT2D eigenvalue weighted by Gasteiger charge is 2.24. The van der Waals surface area contributed by atoms with Gasteiger partial charge in [0, 0.05) is 11.8 Å². The summed E-state index contributed by atoms with van der Waals surface area (Å²) in [6, 6.07) is 11.0. The fourth-order valence-electron chi connectivity index (χ4n) is 1.94. The van der Waals surface area contributed by atoms with E-state index in [0.717, 1.165) is 0 Å². The van der Waals surface area contributed by atoms with Gasteiger partial charge >= 0.3 is 5.85 Å². The number of nitriles is 1. The Morgan fingerprint density at radius 2 is 2.08 bits per heavy atom. The number of benzene rings is 1. The molecule has 3 aromatic rings. The lowest BCUT2D eigenvalue weighted by molar-refractivity contribution is -0.0892. The summed E-state index contributed by atoms with van der Waals surface area (Å²) in [4.78, 5) is 8.25. The van der Waals surface area contributed by atoms with Gasteiger partial charge in [0.05, 0.1) is 11.6 Å². The van der Waals surface area contributed by atoms with Crippen molar-refractivity contribution in [2.75, 3.05) is 0 Å². The number of pyridine rings is 1. The summed E-state index contributed by atoms with van der Waals surface area (Å²) in [6.07, 6.45) is 1.57. The maximum atomic E-state index is 13.0. The lowest BCUT2D eigenvalue weighted by atomic mass is 10.1. The second-order valence-electron chi connectivity index (χ2n) is 4.66. The summed E-state index contributed by atoms with van der Waals surface area (Å²) >= 11 is 0. The highest BCUT2D eigenvalue weighted by molar-refractivity contribution is 7.17. The third-order valence-electron chi connectivity index (χ3n) is 2.86. The lowest BCUT2D eigenvalue weighted by Crippen LogP contribution is -2.14. The molecule has 0 aliphatic carbocycles. The van der Waals surface area contributed by atoms with Crippen molar-refractivity contribution in [1.82, 2.24) is 15.1 Å². The Bertz CT molecular complexity index is 904. The first-order valence-electron chi connectivity index (χ1n) is 6.61. The zero-order chi connectivity index (χ0) is 17.2. The van der Waals surface area contributed by atoms with Crippen LogP contribution in [-0.4, -0.2) is 21.0 Å². The normalized spacial score (nSPS) is 11.1. The molecule has 2 heterocycles. The van der Waals surface area contributed by atoms with Gasteiger partial charge in [0.1, 0.15) is 11.4 Å². The number of ether oxygens (including phenoxy) is 1.